The first-order valence-electron chi connectivity index (χ1n) is 5.58. The average molecular weight is 277 g/mol. The minimum Gasteiger partial charge on any atom is -0.506 e. The fourth-order valence-corrected chi connectivity index (χ4v) is 1.37. The van der Waals surface area contributed by atoms with Crippen molar-refractivity contribution in [3.8, 4) is 5.75 Å². The van der Waals surface area contributed by atoms with Crippen LogP contribution in [0.15, 0.2) is 18.2 Å². The molecule has 106 valence electrons. The lowest BCUT2D eigenvalue weighted by molar-refractivity contribution is -0.137. The average Bonchev–Trinajstić information content (AvgIpc) is 2.30. The summed E-state index contributed by atoms with van der Waals surface area (Å²) in [6, 6.07) is 2.28. The molecule has 1 atom stereocenters. The summed E-state index contributed by atoms with van der Waals surface area (Å²) in [6.07, 6.45) is -5.36. The first-order valence-corrected chi connectivity index (χ1v) is 5.58. The molecule has 0 aliphatic heterocycles. The molecule has 0 saturated carbocycles. The summed E-state index contributed by atoms with van der Waals surface area (Å²) < 4.78 is 42.5. The molecule has 2 N–H and O–H groups in total. The Balaban J connectivity index is 2.92. The number of alkyl halides is 3. The highest BCUT2D eigenvalue weighted by atomic mass is 19.4. The number of hydrogen-bond donors (Lipinski definition) is 2. The summed E-state index contributed by atoms with van der Waals surface area (Å²) in [5, 5.41) is 11.6. The van der Waals surface area contributed by atoms with E-state index in [4.69, 9.17) is 4.74 Å². The molecule has 1 aromatic rings. The molecule has 1 amide bonds. The molecule has 0 fully saturated rings. The number of ether oxygens (including phenoxy) is 1. The highest BCUT2D eigenvalue weighted by molar-refractivity contribution is 5.95. The molecular formula is C12H14F3NO3. The number of hydrogen-bond acceptors (Lipinski definition) is 3. The van der Waals surface area contributed by atoms with E-state index in [1.54, 1.807) is 6.92 Å². The van der Waals surface area contributed by atoms with Crippen molar-refractivity contribution in [3.63, 3.8) is 0 Å². The van der Waals surface area contributed by atoms with Crippen molar-refractivity contribution < 1.29 is 27.8 Å². The number of benzene rings is 1. The van der Waals surface area contributed by atoms with Crippen LogP contribution in [0.5, 0.6) is 5.75 Å². The Kier molecular flexibility index (Phi) is 4.77. The fourth-order valence-electron chi connectivity index (χ4n) is 1.37. The molecule has 0 bridgehead atoms. The second-order valence-electron chi connectivity index (χ2n) is 3.82. The molecule has 19 heavy (non-hydrogen) atoms. The van der Waals surface area contributed by atoms with Crippen molar-refractivity contribution in [2.75, 3.05) is 11.9 Å². The van der Waals surface area contributed by atoms with Gasteiger partial charge in [-0.15, -0.1) is 0 Å². The standard InChI is InChI=1S/C12H14F3NO3/c1-3-19-7(2)11(18)16-9-6-8(12(13,14)15)4-5-10(9)17/h4-7,17H,3H2,1-2H3,(H,16,18). The van der Waals surface area contributed by atoms with Gasteiger partial charge >= 0.3 is 6.18 Å². The van der Waals surface area contributed by atoms with E-state index in [1.165, 1.54) is 6.92 Å². The Morgan fingerprint density at radius 2 is 2.11 bits per heavy atom. The van der Waals surface area contributed by atoms with E-state index in [1.807, 2.05) is 0 Å². The summed E-state index contributed by atoms with van der Waals surface area (Å²) in [4.78, 5) is 11.6. The lowest BCUT2D eigenvalue weighted by atomic mass is 10.1. The Hall–Kier alpha value is -1.76. The zero-order chi connectivity index (χ0) is 14.6. The number of phenolic OH excluding ortho intramolecular Hbond substituents is 1. The predicted molar refractivity (Wildman–Crippen MR) is 62.8 cm³/mol. The smallest absolute Gasteiger partial charge is 0.416 e. The molecule has 7 heteroatoms. The van der Waals surface area contributed by atoms with Crippen LogP contribution in [-0.4, -0.2) is 23.7 Å². The molecule has 0 spiro atoms. The van der Waals surface area contributed by atoms with Gasteiger partial charge in [0.2, 0.25) is 0 Å². The molecule has 0 saturated heterocycles. The first kappa shape index (κ1) is 15.3. The van der Waals surface area contributed by atoms with Gasteiger partial charge in [-0.2, -0.15) is 13.2 Å². The highest BCUT2D eigenvalue weighted by Gasteiger charge is 2.31. The molecule has 1 rings (SSSR count). The van der Waals surface area contributed by atoms with Gasteiger partial charge in [-0.25, -0.2) is 0 Å². The minimum absolute atomic E-state index is 0.295. The number of rotatable bonds is 4. The van der Waals surface area contributed by atoms with Crippen LogP contribution in [0, 0.1) is 0 Å². The van der Waals surface area contributed by atoms with Crippen molar-refractivity contribution in [2.45, 2.75) is 26.1 Å². The monoisotopic (exact) mass is 277 g/mol. The van der Waals surface area contributed by atoms with Crippen molar-refractivity contribution in [2.24, 2.45) is 0 Å². The zero-order valence-electron chi connectivity index (χ0n) is 10.4. The maximum atomic E-state index is 12.5. The summed E-state index contributed by atoms with van der Waals surface area (Å²) in [7, 11) is 0. The van der Waals surface area contributed by atoms with Crippen LogP contribution < -0.4 is 5.32 Å². The second-order valence-corrected chi connectivity index (χ2v) is 3.82. The van der Waals surface area contributed by atoms with Crippen LogP contribution in [0.25, 0.3) is 0 Å². The molecule has 0 heterocycles. The Labute approximate surface area is 108 Å². The third-order valence-electron chi connectivity index (χ3n) is 2.37. The molecule has 0 aliphatic carbocycles. The zero-order valence-corrected chi connectivity index (χ0v) is 10.4. The molecule has 0 aliphatic rings. The van der Waals surface area contributed by atoms with E-state index in [2.05, 4.69) is 5.32 Å². The number of carbonyl (C=O) groups excluding carboxylic acids is 1. The van der Waals surface area contributed by atoms with Gasteiger partial charge in [0, 0.05) is 6.61 Å². The van der Waals surface area contributed by atoms with Crippen molar-refractivity contribution >= 4 is 11.6 Å². The first-order chi connectivity index (χ1) is 8.75. The number of amides is 1. The second kappa shape index (κ2) is 5.92. The van der Waals surface area contributed by atoms with Gasteiger partial charge < -0.3 is 15.2 Å². The summed E-state index contributed by atoms with van der Waals surface area (Å²) in [6.45, 7) is 3.44. The highest BCUT2D eigenvalue weighted by Crippen LogP contribution is 2.34. The summed E-state index contributed by atoms with van der Waals surface area (Å²) in [5.41, 5.74) is -1.25. The predicted octanol–water partition coefficient (Wildman–Crippen LogP) is 2.77. The quantitative estimate of drug-likeness (QED) is 0.832. The largest absolute Gasteiger partial charge is 0.506 e. The maximum Gasteiger partial charge on any atom is 0.416 e. The lowest BCUT2D eigenvalue weighted by Crippen LogP contribution is -2.27. The van der Waals surface area contributed by atoms with Crippen LogP contribution in [0.3, 0.4) is 0 Å². The molecule has 1 aromatic carbocycles. The van der Waals surface area contributed by atoms with E-state index < -0.39 is 29.5 Å². The van der Waals surface area contributed by atoms with Gasteiger partial charge in [-0.1, -0.05) is 0 Å². The third kappa shape index (κ3) is 4.13. The van der Waals surface area contributed by atoms with E-state index >= 15 is 0 Å². The van der Waals surface area contributed by atoms with Gasteiger partial charge in [0.1, 0.15) is 11.9 Å². The fraction of sp³-hybridized carbons (Fsp3) is 0.417. The van der Waals surface area contributed by atoms with E-state index in [-0.39, 0.29) is 5.69 Å². The van der Waals surface area contributed by atoms with Crippen molar-refractivity contribution in [3.05, 3.63) is 23.8 Å². The Morgan fingerprint density at radius 3 is 2.63 bits per heavy atom. The number of halogens is 3. The van der Waals surface area contributed by atoms with Gasteiger partial charge in [0.05, 0.1) is 11.3 Å². The van der Waals surface area contributed by atoms with E-state index in [0.29, 0.717) is 12.7 Å². The number of phenols is 1. The number of anilines is 1. The molecule has 4 nitrogen and oxygen atoms in total. The summed E-state index contributed by atoms with van der Waals surface area (Å²) >= 11 is 0. The van der Waals surface area contributed by atoms with Crippen LogP contribution in [0.2, 0.25) is 0 Å². The topological polar surface area (TPSA) is 58.6 Å². The van der Waals surface area contributed by atoms with Crippen LogP contribution in [0.1, 0.15) is 19.4 Å². The molecular weight excluding hydrogens is 263 g/mol. The molecule has 0 aromatic heterocycles. The van der Waals surface area contributed by atoms with Crippen LogP contribution >= 0.6 is 0 Å². The SMILES string of the molecule is CCOC(C)C(=O)Nc1cc(C(F)(F)F)ccc1O. The Morgan fingerprint density at radius 1 is 1.47 bits per heavy atom. The Bertz CT molecular complexity index is 460. The lowest BCUT2D eigenvalue weighted by Gasteiger charge is -2.14. The van der Waals surface area contributed by atoms with Gasteiger partial charge in [-0.3, -0.25) is 4.79 Å². The normalized spacial score (nSPS) is 13.1. The van der Waals surface area contributed by atoms with E-state index in [9.17, 15) is 23.1 Å². The van der Waals surface area contributed by atoms with Gasteiger partial charge in [0.25, 0.3) is 5.91 Å². The minimum atomic E-state index is -4.54. The third-order valence-corrected chi connectivity index (χ3v) is 2.37. The van der Waals surface area contributed by atoms with Crippen LogP contribution in [-0.2, 0) is 15.7 Å². The van der Waals surface area contributed by atoms with Crippen LogP contribution in [0.4, 0.5) is 18.9 Å². The number of aromatic hydroxyl groups is 1. The van der Waals surface area contributed by atoms with Crippen molar-refractivity contribution in [1.29, 1.82) is 0 Å². The molecule has 0 radical (unpaired) electrons. The van der Waals surface area contributed by atoms with Gasteiger partial charge in [0.15, 0.2) is 0 Å². The van der Waals surface area contributed by atoms with Crippen molar-refractivity contribution in [1.82, 2.24) is 0 Å². The number of carbonyl (C=O) groups is 1. The number of nitrogens with one attached hydrogen (secondary N) is 1. The summed E-state index contributed by atoms with van der Waals surface area (Å²) in [5.74, 6) is -1.07. The van der Waals surface area contributed by atoms with E-state index in [0.717, 1.165) is 12.1 Å². The molecule has 1 unspecified atom stereocenters. The van der Waals surface area contributed by atoms with Gasteiger partial charge in [-0.05, 0) is 32.0 Å². The maximum absolute atomic E-state index is 12.5.